The molecule has 0 saturated carbocycles. The smallest absolute Gasteiger partial charge is 0.339 e. The lowest BCUT2D eigenvalue weighted by atomic mass is 10.0. The van der Waals surface area contributed by atoms with Crippen LogP contribution in [0.3, 0.4) is 0 Å². The van der Waals surface area contributed by atoms with Crippen LogP contribution in [0, 0.1) is 10.1 Å². The summed E-state index contributed by atoms with van der Waals surface area (Å²) in [5.41, 5.74) is -1.80. The van der Waals surface area contributed by atoms with Crippen LogP contribution >= 0.6 is 0 Å². The first-order chi connectivity index (χ1) is 13.6. The van der Waals surface area contributed by atoms with Gasteiger partial charge in [-0.25, -0.2) is 4.79 Å². The quantitative estimate of drug-likeness (QED) is 0.242. The van der Waals surface area contributed by atoms with Crippen LogP contribution in [-0.2, 0) is 10.1 Å². The molecule has 29 heavy (non-hydrogen) atoms. The molecular weight excluding hydrogens is 406 g/mol. The second-order valence-electron chi connectivity index (χ2n) is 5.73. The van der Waals surface area contributed by atoms with E-state index in [0.29, 0.717) is 16.8 Å². The molecule has 0 unspecified atom stereocenters. The molecule has 0 fully saturated rings. The summed E-state index contributed by atoms with van der Waals surface area (Å²) in [6.07, 6.45) is 0. The van der Waals surface area contributed by atoms with Gasteiger partial charge in [0.15, 0.2) is 11.4 Å². The minimum absolute atomic E-state index is 0.228. The Kier molecular flexibility index (Phi) is 4.97. The van der Waals surface area contributed by atoms with Crippen LogP contribution in [0.5, 0.6) is 5.75 Å². The number of azo groups is 1. The molecule has 3 aromatic rings. The number of fused-ring (bicyclic) bond motifs is 1. The predicted octanol–water partition coefficient (Wildman–Crippen LogP) is 3.81. The molecule has 0 saturated heterocycles. The fourth-order valence-electron chi connectivity index (χ4n) is 2.58. The Bertz CT molecular complexity index is 1300. The van der Waals surface area contributed by atoms with Gasteiger partial charge in [0.25, 0.3) is 15.8 Å². The van der Waals surface area contributed by atoms with E-state index < -0.39 is 42.9 Å². The summed E-state index contributed by atoms with van der Waals surface area (Å²) in [7, 11) is -4.68. The Hall–Kier alpha value is -3.90. The topological polar surface area (TPSA) is 180 Å². The number of carboxylic acid groups (broad SMARTS) is 1. The van der Waals surface area contributed by atoms with E-state index in [-0.39, 0.29) is 11.4 Å². The lowest BCUT2D eigenvalue weighted by Gasteiger charge is -2.07. The number of carbonyl (C=O) groups is 1. The van der Waals surface area contributed by atoms with Crippen LogP contribution in [0.25, 0.3) is 10.8 Å². The van der Waals surface area contributed by atoms with Gasteiger partial charge in [-0.05, 0) is 23.6 Å². The lowest BCUT2D eigenvalue weighted by molar-refractivity contribution is -0.384. The second-order valence-corrected chi connectivity index (χ2v) is 7.15. The van der Waals surface area contributed by atoms with Crippen LogP contribution in [0.2, 0.25) is 0 Å². The molecule has 0 aliphatic rings. The van der Waals surface area contributed by atoms with E-state index in [1.165, 1.54) is 6.07 Å². The molecule has 3 N–H and O–H groups in total. The largest absolute Gasteiger partial charge is 0.505 e. The highest BCUT2D eigenvalue weighted by molar-refractivity contribution is 7.85. The predicted molar refractivity (Wildman–Crippen MR) is 99.7 cm³/mol. The van der Waals surface area contributed by atoms with Crippen LogP contribution in [0.4, 0.5) is 17.1 Å². The number of nitro benzene ring substituents is 1. The molecule has 11 nitrogen and oxygen atoms in total. The number of rotatable bonds is 5. The number of aromatic carboxylic acids is 1. The molecule has 0 atom stereocenters. The Balaban J connectivity index is 2.21. The Morgan fingerprint density at radius 3 is 2.38 bits per heavy atom. The van der Waals surface area contributed by atoms with Gasteiger partial charge in [-0.2, -0.15) is 8.42 Å². The van der Waals surface area contributed by atoms with Gasteiger partial charge in [-0.1, -0.05) is 24.3 Å². The molecule has 0 radical (unpaired) electrons. The zero-order chi connectivity index (χ0) is 21.3. The highest BCUT2D eigenvalue weighted by Gasteiger charge is 2.21. The van der Waals surface area contributed by atoms with Gasteiger partial charge in [-0.15, -0.1) is 10.2 Å². The summed E-state index contributed by atoms with van der Waals surface area (Å²) in [5.74, 6) is -2.09. The van der Waals surface area contributed by atoms with Crippen LogP contribution in [-0.4, -0.2) is 34.1 Å². The van der Waals surface area contributed by atoms with E-state index in [9.17, 15) is 33.5 Å². The van der Waals surface area contributed by atoms with Gasteiger partial charge >= 0.3 is 5.97 Å². The third kappa shape index (κ3) is 3.88. The van der Waals surface area contributed by atoms with Gasteiger partial charge in [0.05, 0.1) is 4.92 Å². The molecular formula is C17H11N3O8S. The molecule has 0 amide bonds. The van der Waals surface area contributed by atoms with E-state index in [4.69, 9.17) is 4.55 Å². The molecule has 0 aliphatic heterocycles. The van der Waals surface area contributed by atoms with Crippen molar-refractivity contribution in [1.29, 1.82) is 0 Å². The minimum Gasteiger partial charge on any atom is -0.505 e. The normalized spacial score (nSPS) is 11.8. The summed E-state index contributed by atoms with van der Waals surface area (Å²) < 4.78 is 31.4. The van der Waals surface area contributed by atoms with Gasteiger partial charge in [-0.3, -0.25) is 14.7 Å². The van der Waals surface area contributed by atoms with Crippen molar-refractivity contribution in [1.82, 2.24) is 0 Å². The van der Waals surface area contributed by atoms with Crippen molar-refractivity contribution in [3.8, 4) is 5.75 Å². The molecule has 148 valence electrons. The highest BCUT2D eigenvalue weighted by Crippen LogP contribution is 2.40. The number of carboxylic acids is 1. The van der Waals surface area contributed by atoms with Crippen LogP contribution < -0.4 is 0 Å². The van der Waals surface area contributed by atoms with Gasteiger partial charge in [0.2, 0.25) is 0 Å². The third-order valence-corrected chi connectivity index (χ3v) is 4.77. The third-order valence-electron chi connectivity index (χ3n) is 3.92. The summed E-state index contributed by atoms with van der Waals surface area (Å²) in [4.78, 5) is 21.0. The van der Waals surface area contributed by atoms with Crippen molar-refractivity contribution < 1.29 is 32.9 Å². The number of aromatic hydroxyl groups is 1. The summed E-state index contributed by atoms with van der Waals surface area (Å²) >= 11 is 0. The summed E-state index contributed by atoms with van der Waals surface area (Å²) in [6.45, 7) is 0. The fourth-order valence-corrected chi connectivity index (χ4v) is 3.08. The minimum atomic E-state index is -4.68. The number of hydrogen-bond acceptors (Lipinski definition) is 8. The number of hydrogen-bond donors (Lipinski definition) is 3. The molecule has 0 aromatic heterocycles. The van der Waals surface area contributed by atoms with Gasteiger partial charge in [0, 0.05) is 11.5 Å². The van der Waals surface area contributed by atoms with Crippen molar-refractivity contribution in [2.24, 2.45) is 10.2 Å². The molecule has 3 aromatic carbocycles. The zero-order valence-electron chi connectivity index (χ0n) is 14.3. The van der Waals surface area contributed by atoms with Crippen molar-refractivity contribution in [3.05, 3.63) is 64.2 Å². The first-order valence-electron chi connectivity index (χ1n) is 7.75. The van der Waals surface area contributed by atoms with E-state index in [2.05, 4.69) is 10.2 Å². The standard InChI is InChI=1S/C17H11N3O8S/c21-16-12(17(22)23)7-9-3-1-2-4-11(9)15(16)19-18-13-6-5-10(29(26,27)28)8-14(13)20(24)25/h1-8,21H,(H,22,23)(H,26,27,28). The van der Waals surface area contributed by atoms with Crippen molar-refractivity contribution >= 4 is 43.9 Å². The number of nitro groups is 1. The maximum absolute atomic E-state index is 11.4. The first kappa shape index (κ1) is 19.9. The molecule has 0 aliphatic carbocycles. The monoisotopic (exact) mass is 417 g/mol. The second kappa shape index (κ2) is 7.26. The van der Waals surface area contributed by atoms with Crippen molar-refractivity contribution in [2.75, 3.05) is 0 Å². The highest BCUT2D eigenvalue weighted by atomic mass is 32.2. The number of phenols is 1. The molecule has 3 rings (SSSR count). The average molecular weight is 417 g/mol. The van der Waals surface area contributed by atoms with Gasteiger partial charge in [0.1, 0.15) is 16.1 Å². The Morgan fingerprint density at radius 2 is 1.76 bits per heavy atom. The molecule has 0 spiro atoms. The van der Waals surface area contributed by atoms with E-state index in [1.54, 1.807) is 24.3 Å². The van der Waals surface area contributed by atoms with Crippen molar-refractivity contribution in [2.45, 2.75) is 4.90 Å². The molecule has 12 heteroatoms. The lowest BCUT2D eigenvalue weighted by Crippen LogP contribution is -1.99. The molecule has 0 bridgehead atoms. The fraction of sp³-hybridized carbons (Fsp3) is 0. The van der Waals surface area contributed by atoms with Crippen LogP contribution in [0.1, 0.15) is 10.4 Å². The Morgan fingerprint density at radius 1 is 1.07 bits per heavy atom. The summed E-state index contributed by atoms with van der Waals surface area (Å²) in [5, 5.41) is 39.0. The van der Waals surface area contributed by atoms with Gasteiger partial charge < -0.3 is 10.2 Å². The number of nitrogens with zero attached hydrogens (tertiary/aromatic N) is 3. The maximum atomic E-state index is 11.4. The zero-order valence-corrected chi connectivity index (χ0v) is 15.1. The van der Waals surface area contributed by atoms with Crippen LogP contribution in [0.15, 0.2) is 63.7 Å². The molecule has 0 heterocycles. The SMILES string of the molecule is O=C(O)c1cc2ccccc2c(N=Nc2ccc(S(=O)(=O)O)cc2[N+](=O)[O-])c1O. The van der Waals surface area contributed by atoms with Crippen molar-refractivity contribution in [3.63, 3.8) is 0 Å². The average Bonchev–Trinajstić information content (AvgIpc) is 2.65. The van der Waals surface area contributed by atoms with E-state index in [0.717, 1.165) is 12.1 Å². The summed E-state index contributed by atoms with van der Waals surface area (Å²) in [6, 6.07) is 10.1. The van der Waals surface area contributed by atoms with E-state index >= 15 is 0 Å². The maximum Gasteiger partial charge on any atom is 0.339 e. The number of benzene rings is 3. The first-order valence-corrected chi connectivity index (χ1v) is 9.19. The Labute approximate surface area is 162 Å². The van der Waals surface area contributed by atoms with E-state index in [1.807, 2.05) is 0 Å².